The van der Waals surface area contributed by atoms with Gasteiger partial charge < -0.3 is 14.2 Å². The fraction of sp³-hybridized carbons (Fsp3) is 0.355. The molecule has 210 valence electrons. The molecule has 0 saturated carbocycles. The molecule has 1 aliphatic rings. The molecular weight excluding hydrogens is 528 g/mol. The van der Waals surface area contributed by atoms with Gasteiger partial charge >= 0.3 is 11.9 Å². The topological polar surface area (TPSA) is 96.2 Å². The van der Waals surface area contributed by atoms with Crippen molar-refractivity contribution >= 4 is 29.4 Å². The van der Waals surface area contributed by atoms with Gasteiger partial charge in [-0.2, -0.15) is 0 Å². The third-order valence-corrected chi connectivity index (χ3v) is 7.41. The van der Waals surface area contributed by atoms with Gasteiger partial charge in [-0.15, -0.1) is 0 Å². The number of benzene rings is 2. The predicted molar refractivity (Wildman–Crippen MR) is 154 cm³/mol. The van der Waals surface area contributed by atoms with E-state index in [0.717, 1.165) is 5.56 Å². The minimum absolute atomic E-state index is 0.0181. The summed E-state index contributed by atoms with van der Waals surface area (Å²) in [5.41, 5.74) is 3.16. The third kappa shape index (κ3) is 5.94. The van der Waals surface area contributed by atoms with Crippen LogP contribution >= 0.6 is 11.3 Å². The zero-order valence-corrected chi connectivity index (χ0v) is 24.7. The molecule has 0 N–H and O–H groups in total. The Morgan fingerprint density at radius 3 is 2.35 bits per heavy atom. The molecule has 0 saturated heterocycles. The highest BCUT2D eigenvalue weighted by molar-refractivity contribution is 7.07. The van der Waals surface area contributed by atoms with Gasteiger partial charge in [0.25, 0.3) is 5.56 Å². The number of hydrogen-bond donors (Lipinski definition) is 0. The van der Waals surface area contributed by atoms with Crippen molar-refractivity contribution in [2.24, 2.45) is 4.99 Å². The molecule has 3 aromatic rings. The second-order valence-electron chi connectivity index (χ2n) is 10.4. The quantitative estimate of drug-likeness (QED) is 0.313. The number of fused-ring (bicyclic) bond motifs is 1. The minimum atomic E-state index is -0.814. The van der Waals surface area contributed by atoms with Crippen molar-refractivity contribution in [2.45, 2.75) is 59.9 Å². The second kappa shape index (κ2) is 11.6. The normalized spacial score (nSPS) is 15.4. The summed E-state index contributed by atoms with van der Waals surface area (Å²) in [6.07, 6.45) is 1.84. The summed E-state index contributed by atoms with van der Waals surface area (Å²) in [5.74, 6) is -0.459. The van der Waals surface area contributed by atoms with E-state index in [1.54, 1.807) is 32.0 Å². The van der Waals surface area contributed by atoms with Gasteiger partial charge in [-0.25, -0.2) is 9.79 Å². The average molecular weight is 563 g/mol. The highest BCUT2D eigenvalue weighted by Gasteiger charge is 2.34. The zero-order valence-electron chi connectivity index (χ0n) is 23.9. The van der Waals surface area contributed by atoms with Gasteiger partial charge in [0.2, 0.25) is 0 Å². The number of rotatable bonds is 7. The van der Waals surface area contributed by atoms with E-state index in [1.807, 2.05) is 25.1 Å². The Balaban J connectivity index is 1.91. The van der Waals surface area contributed by atoms with Crippen molar-refractivity contribution in [3.05, 3.63) is 90.1 Å². The Bertz CT molecular complexity index is 1660. The van der Waals surface area contributed by atoms with Crippen LogP contribution in [0.5, 0.6) is 11.5 Å². The van der Waals surface area contributed by atoms with Crippen LogP contribution in [0.1, 0.15) is 71.2 Å². The molecule has 0 unspecified atom stereocenters. The summed E-state index contributed by atoms with van der Waals surface area (Å²) < 4.78 is 18.5. The summed E-state index contributed by atoms with van der Waals surface area (Å²) in [6.45, 7) is 13.5. The van der Waals surface area contributed by atoms with Crippen LogP contribution in [0, 0.1) is 0 Å². The number of carbonyl (C=O) groups is 2. The molecule has 0 spiro atoms. The number of aromatic nitrogens is 1. The standard InChI is InChI=1S/C31H34N2O6S/c1-8-37-24-17-21(12-15-23(24)39-19(4)34)27-26(29(36)38-9-2)18(3)32-30-33(27)28(35)25(40-30)16-20-10-13-22(14-11-20)31(5,6)7/h10-17,27H,8-9H2,1-7H3/b25-16+/t27-/m1/s1. The molecule has 8 nitrogen and oxygen atoms in total. The Morgan fingerprint density at radius 2 is 1.75 bits per heavy atom. The maximum atomic E-state index is 13.9. The average Bonchev–Trinajstić information content (AvgIpc) is 3.18. The van der Waals surface area contributed by atoms with E-state index >= 15 is 0 Å². The molecule has 1 atom stereocenters. The molecule has 1 aliphatic heterocycles. The molecule has 1 aromatic heterocycles. The summed E-state index contributed by atoms with van der Waals surface area (Å²) in [4.78, 5) is 43.8. The third-order valence-electron chi connectivity index (χ3n) is 6.43. The summed E-state index contributed by atoms with van der Waals surface area (Å²) >= 11 is 1.26. The van der Waals surface area contributed by atoms with Crippen molar-refractivity contribution in [3.8, 4) is 11.5 Å². The highest BCUT2D eigenvalue weighted by atomic mass is 32.1. The van der Waals surface area contributed by atoms with Crippen LogP contribution in [-0.2, 0) is 19.7 Å². The van der Waals surface area contributed by atoms with Gasteiger partial charge in [-0.05, 0) is 61.1 Å². The van der Waals surface area contributed by atoms with Crippen molar-refractivity contribution in [2.75, 3.05) is 13.2 Å². The number of carbonyl (C=O) groups excluding carboxylic acids is 2. The molecule has 4 rings (SSSR count). The van der Waals surface area contributed by atoms with Crippen LogP contribution in [0.4, 0.5) is 0 Å². The Kier molecular flexibility index (Phi) is 8.44. The van der Waals surface area contributed by atoms with Crippen LogP contribution in [0.25, 0.3) is 6.08 Å². The van der Waals surface area contributed by atoms with Crippen LogP contribution in [-0.4, -0.2) is 29.7 Å². The number of esters is 2. The van der Waals surface area contributed by atoms with E-state index in [-0.39, 0.29) is 28.9 Å². The van der Waals surface area contributed by atoms with E-state index in [1.165, 1.54) is 28.4 Å². The first-order valence-corrected chi connectivity index (χ1v) is 14.0. The first-order valence-electron chi connectivity index (χ1n) is 13.2. The van der Waals surface area contributed by atoms with Crippen molar-refractivity contribution in [1.29, 1.82) is 0 Å². The molecule has 0 radical (unpaired) electrons. The van der Waals surface area contributed by atoms with Gasteiger partial charge in [-0.1, -0.05) is 62.4 Å². The minimum Gasteiger partial charge on any atom is -0.490 e. The number of hydrogen-bond acceptors (Lipinski definition) is 8. The van der Waals surface area contributed by atoms with Crippen LogP contribution in [0.15, 0.2) is 63.5 Å². The predicted octanol–water partition coefficient (Wildman–Crippen LogP) is 4.42. The van der Waals surface area contributed by atoms with Crippen molar-refractivity contribution in [1.82, 2.24) is 4.57 Å². The summed E-state index contributed by atoms with van der Waals surface area (Å²) in [6, 6.07) is 12.3. The number of allylic oxidation sites excluding steroid dienone is 1. The Labute approximate surface area is 237 Å². The molecule has 0 amide bonds. The van der Waals surface area contributed by atoms with Gasteiger partial charge in [-0.3, -0.25) is 14.2 Å². The summed E-state index contributed by atoms with van der Waals surface area (Å²) in [5, 5.41) is 0. The Morgan fingerprint density at radius 1 is 1.05 bits per heavy atom. The number of ether oxygens (including phenoxy) is 3. The smallest absolute Gasteiger partial charge is 0.338 e. The van der Waals surface area contributed by atoms with Crippen LogP contribution < -0.4 is 24.4 Å². The van der Waals surface area contributed by atoms with E-state index < -0.39 is 18.0 Å². The van der Waals surface area contributed by atoms with Crippen molar-refractivity contribution < 1.29 is 23.8 Å². The lowest BCUT2D eigenvalue weighted by Crippen LogP contribution is -2.40. The molecule has 0 aliphatic carbocycles. The molecule has 9 heteroatoms. The SMILES string of the molecule is CCOC(=O)C1=C(C)N=c2s/c(=C/c3ccc(C(C)(C)C)cc3)c(=O)n2[C@@H]1c1ccc(OC(C)=O)c(OCC)c1. The van der Waals surface area contributed by atoms with Crippen LogP contribution in [0.3, 0.4) is 0 Å². The molecule has 0 fully saturated rings. The zero-order chi connectivity index (χ0) is 29.2. The number of nitrogens with zero attached hydrogens (tertiary/aromatic N) is 2. The molecule has 2 heterocycles. The fourth-order valence-electron chi connectivity index (χ4n) is 4.54. The van der Waals surface area contributed by atoms with Gasteiger partial charge in [0.15, 0.2) is 16.3 Å². The van der Waals surface area contributed by atoms with Gasteiger partial charge in [0.1, 0.15) is 0 Å². The van der Waals surface area contributed by atoms with E-state index in [2.05, 4.69) is 37.9 Å². The first kappa shape index (κ1) is 29.0. The lowest BCUT2D eigenvalue weighted by atomic mass is 9.87. The van der Waals surface area contributed by atoms with E-state index in [0.29, 0.717) is 33.0 Å². The molecule has 0 bridgehead atoms. The largest absolute Gasteiger partial charge is 0.490 e. The molecular formula is C31H34N2O6S. The lowest BCUT2D eigenvalue weighted by molar-refractivity contribution is -0.139. The molecule has 40 heavy (non-hydrogen) atoms. The summed E-state index contributed by atoms with van der Waals surface area (Å²) in [7, 11) is 0. The van der Waals surface area contributed by atoms with E-state index in [9.17, 15) is 14.4 Å². The fourth-order valence-corrected chi connectivity index (χ4v) is 5.59. The number of thiazole rings is 1. The first-order chi connectivity index (χ1) is 18.9. The maximum absolute atomic E-state index is 13.9. The van der Waals surface area contributed by atoms with Crippen molar-refractivity contribution in [3.63, 3.8) is 0 Å². The molecule has 2 aromatic carbocycles. The van der Waals surface area contributed by atoms with Gasteiger partial charge in [0, 0.05) is 6.92 Å². The maximum Gasteiger partial charge on any atom is 0.338 e. The highest BCUT2D eigenvalue weighted by Crippen LogP contribution is 2.36. The van der Waals surface area contributed by atoms with E-state index in [4.69, 9.17) is 14.2 Å². The van der Waals surface area contributed by atoms with Gasteiger partial charge in [0.05, 0.1) is 35.1 Å². The second-order valence-corrected chi connectivity index (χ2v) is 11.4. The monoisotopic (exact) mass is 562 g/mol. The Hall–Kier alpha value is -3.98. The van der Waals surface area contributed by atoms with Crippen LogP contribution in [0.2, 0.25) is 0 Å². The lowest BCUT2D eigenvalue weighted by Gasteiger charge is -2.25.